The monoisotopic (exact) mass is 414 g/mol. The van der Waals surface area contributed by atoms with Crippen molar-refractivity contribution in [3.05, 3.63) is 0 Å². The summed E-state index contributed by atoms with van der Waals surface area (Å²) in [5.74, 6) is 9.71. The molecule has 174 valence electrons. The van der Waals surface area contributed by atoms with Crippen molar-refractivity contribution in [3.63, 3.8) is 0 Å². The highest BCUT2D eigenvalue weighted by molar-refractivity contribution is 5.10. The van der Waals surface area contributed by atoms with E-state index in [2.05, 4.69) is 55.4 Å². The third-order valence-electron chi connectivity index (χ3n) is 12.3. The van der Waals surface area contributed by atoms with E-state index in [1.807, 2.05) is 0 Å². The Bertz CT molecular complexity index is 591. The lowest BCUT2D eigenvalue weighted by atomic mass is 9.42. The van der Waals surface area contributed by atoms with Gasteiger partial charge in [0.25, 0.3) is 0 Å². The molecule has 4 aliphatic rings. The molecule has 4 aliphatic carbocycles. The first-order valence-corrected chi connectivity index (χ1v) is 14.1. The maximum Gasteiger partial charge on any atom is -0.0264 e. The molecule has 0 aromatic rings. The van der Waals surface area contributed by atoms with Crippen LogP contribution in [0.25, 0.3) is 0 Å². The summed E-state index contributed by atoms with van der Waals surface area (Å²) < 4.78 is 0. The van der Waals surface area contributed by atoms with Gasteiger partial charge in [0.15, 0.2) is 0 Å². The van der Waals surface area contributed by atoms with Crippen molar-refractivity contribution in [2.45, 2.75) is 120 Å². The lowest BCUT2D eigenvalue weighted by Crippen LogP contribution is -2.56. The fourth-order valence-corrected chi connectivity index (χ4v) is 9.89. The molecule has 0 nitrogen and oxygen atoms in total. The molecule has 11 atom stereocenters. The van der Waals surface area contributed by atoms with Gasteiger partial charge in [-0.05, 0) is 115 Å². The zero-order chi connectivity index (χ0) is 21.8. The maximum atomic E-state index is 2.76. The molecule has 0 bridgehead atoms. The second-order valence-corrected chi connectivity index (χ2v) is 14.1. The summed E-state index contributed by atoms with van der Waals surface area (Å²) in [6, 6.07) is 0. The Morgan fingerprint density at radius 2 is 1.43 bits per heavy atom. The van der Waals surface area contributed by atoms with Gasteiger partial charge in [-0.2, -0.15) is 0 Å². The zero-order valence-electron chi connectivity index (χ0n) is 21.8. The lowest BCUT2D eigenvalue weighted by Gasteiger charge is -2.63. The third kappa shape index (κ3) is 3.73. The molecule has 0 saturated heterocycles. The summed E-state index contributed by atoms with van der Waals surface area (Å²) in [7, 11) is 0. The molecule has 0 spiro atoms. The van der Waals surface area contributed by atoms with Gasteiger partial charge in [-0.1, -0.05) is 74.7 Å². The maximum absolute atomic E-state index is 2.76. The Kier molecular flexibility index (Phi) is 6.49. The van der Waals surface area contributed by atoms with Crippen molar-refractivity contribution in [1.82, 2.24) is 0 Å². The highest BCUT2D eigenvalue weighted by Crippen LogP contribution is 2.69. The van der Waals surface area contributed by atoms with Crippen LogP contribution < -0.4 is 0 Å². The summed E-state index contributed by atoms with van der Waals surface area (Å²) in [4.78, 5) is 0. The van der Waals surface area contributed by atoms with Crippen LogP contribution in [0.4, 0.5) is 0 Å². The van der Waals surface area contributed by atoms with Crippen LogP contribution in [-0.2, 0) is 0 Å². The number of hydrogen-bond donors (Lipinski definition) is 0. The van der Waals surface area contributed by atoms with Crippen molar-refractivity contribution in [2.24, 2.45) is 70.0 Å². The normalized spacial score (nSPS) is 50.5. The predicted octanol–water partition coefficient (Wildman–Crippen LogP) is 9.24. The van der Waals surface area contributed by atoms with Gasteiger partial charge in [-0.25, -0.2) is 0 Å². The van der Waals surface area contributed by atoms with Gasteiger partial charge in [0.05, 0.1) is 0 Å². The summed E-state index contributed by atoms with van der Waals surface area (Å²) in [5, 5.41) is 0. The minimum atomic E-state index is 0.640. The first-order chi connectivity index (χ1) is 14.1. The van der Waals surface area contributed by atoms with E-state index in [1.54, 1.807) is 19.3 Å². The highest BCUT2D eigenvalue weighted by atomic mass is 14.7. The smallest absolute Gasteiger partial charge is 0.0264 e. The van der Waals surface area contributed by atoms with E-state index in [0.29, 0.717) is 10.8 Å². The van der Waals surface area contributed by atoms with E-state index in [4.69, 9.17) is 0 Å². The highest BCUT2D eigenvalue weighted by Gasteiger charge is 2.61. The van der Waals surface area contributed by atoms with E-state index in [0.717, 1.165) is 59.2 Å². The molecule has 0 aromatic heterocycles. The van der Waals surface area contributed by atoms with Gasteiger partial charge >= 0.3 is 0 Å². The topological polar surface area (TPSA) is 0 Å². The summed E-state index contributed by atoms with van der Waals surface area (Å²) in [6.45, 7) is 20.6. The van der Waals surface area contributed by atoms with E-state index >= 15 is 0 Å². The van der Waals surface area contributed by atoms with Crippen LogP contribution in [0.1, 0.15) is 120 Å². The quantitative estimate of drug-likeness (QED) is 0.420. The van der Waals surface area contributed by atoms with Gasteiger partial charge in [0.2, 0.25) is 0 Å². The van der Waals surface area contributed by atoms with Crippen molar-refractivity contribution < 1.29 is 0 Å². The SMILES string of the molecule is CC1CCC2(C)C(C1)CC(C)C1C2CCC2(C)C(C(C)CCC(C)C(C)C)CCC12. The van der Waals surface area contributed by atoms with Crippen LogP contribution in [0, 0.1) is 70.0 Å². The van der Waals surface area contributed by atoms with Crippen molar-refractivity contribution >= 4 is 0 Å². The molecular weight excluding hydrogens is 360 g/mol. The molecule has 30 heavy (non-hydrogen) atoms. The van der Waals surface area contributed by atoms with Crippen molar-refractivity contribution in [2.75, 3.05) is 0 Å². The van der Waals surface area contributed by atoms with Crippen LogP contribution in [-0.4, -0.2) is 0 Å². The van der Waals surface area contributed by atoms with Gasteiger partial charge in [0, 0.05) is 0 Å². The molecule has 4 fully saturated rings. The van der Waals surface area contributed by atoms with Gasteiger partial charge in [-0.3, -0.25) is 0 Å². The van der Waals surface area contributed by atoms with E-state index in [-0.39, 0.29) is 0 Å². The van der Waals surface area contributed by atoms with Gasteiger partial charge < -0.3 is 0 Å². The number of hydrogen-bond acceptors (Lipinski definition) is 0. The zero-order valence-corrected chi connectivity index (χ0v) is 21.8. The Balaban J connectivity index is 1.50. The van der Waals surface area contributed by atoms with Crippen LogP contribution in [0.5, 0.6) is 0 Å². The standard InChI is InChI=1S/C30H54/c1-19(2)21(4)9-10-22(5)25-11-12-26-28-23(6)18-24-17-20(3)13-15-29(24,7)27(28)14-16-30(25,26)8/h19-28H,9-18H2,1-8H3. The molecule has 4 saturated carbocycles. The fourth-order valence-electron chi connectivity index (χ4n) is 9.89. The van der Waals surface area contributed by atoms with Gasteiger partial charge in [-0.15, -0.1) is 0 Å². The minimum Gasteiger partial charge on any atom is -0.0625 e. The van der Waals surface area contributed by atoms with Crippen molar-refractivity contribution in [1.29, 1.82) is 0 Å². The molecule has 0 radical (unpaired) electrons. The summed E-state index contributed by atoms with van der Waals surface area (Å²) in [6.07, 6.45) is 15.2. The summed E-state index contributed by atoms with van der Waals surface area (Å²) in [5.41, 5.74) is 1.31. The van der Waals surface area contributed by atoms with Crippen LogP contribution in [0.3, 0.4) is 0 Å². The van der Waals surface area contributed by atoms with E-state index in [1.165, 1.54) is 44.9 Å². The first-order valence-electron chi connectivity index (χ1n) is 14.1. The Hall–Kier alpha value is 0. The summed E-state index contributed by atoms with van der Waals surface area (Å²) >= 11 is 0. The van der Waals surface area contributed by atoms with Gasteiger partial charge in [0.1, 0.15) is 0 Å². The van der Waals surface area contributed by atoms with Crippen LogP contribution in [0.2, 0.25) is 0 Å². The minimum absolute atomic E-state index is 0.640. The Morgan fingerprint density at radius 1 is 0.767 bits per heavy atom. The first kappa shape index (κ1) is 23.2. The number of fused-ring (bicyclic) bond motifs is 5. The van der Waals surface area contributed by atoms with Crippen molar-refractivity contribution in [3.8, 4) is 0 Å². The molecule has 11 unspecified atom stereocenters. The second kappa shape index (κ2) is 8.41. The molecule has 0 aliphatic heterocycles. The van der Waals surface area contributed by atoms with Crippen LogP contribution in [0.15, 0.2) is 0 Å². The third-order valence-corrected chi connectivity index (χ3v) is 12.3. The Labute approximate surface area is 189 Å². The second-order valence-electron chi connectivity index (χ2n) is 14.1. The molecule has 4 rings (SSSR count). The number of rotatable bonds is 5. The average molecular weight is 415 g/mol. The molecule has 0 N–H and O–H groups in total. The lowest BCUT2D eigenvalue weighted by molar-refractivity contribution is -0.142. The average Bonchev–Trinajstić information content (AvgIpc) is 3.04. The molecule has 0 heterocycles. The molecule has 0 amide bonds. The predicted molar refractivity (Wildman–Crippen MR) is 131 cm³/mol. The van der Waals surface area contributed by atoms with E-state index in [9.17, 15) is 0 Å². The largest absolute Gasteiger partial charge is 0.0625 e. The molecule has 0 heteroatoms. The Morgan fingerprint density at radius 3 is 2.13 bits per heavy atom. The van der Waals surface area contributed by atoms with Crippen LogP contribution >= 0.6 is 0 Å². The molecular formula is C30H54. The molecule has 0 aromatic carbocycles. The fraction of sp³-hybridized carbons (Fsp3) is 1.00. The van der Waals surface area contributed by atoms with E-state index < -0.39 is 0 Å².